The van der Waals surface area contributed by atoms with Crippen molar-refractivity contribution in [1.82, 2.24) is 5.32 Å². The Hall–Kier alpha value is -1.39. The second kappa shape index (κ2) is 10.1. The van der Waals surface area contributed by atoms with Crippen molar-refractivity contribution in [1.29, 1.82) is 0 Å². The van der Waals surface area contributed by atoms with E-state index < -0.39 is 0 Å². The first-order chi connectivity index (χ1) is 13.8. The van der Waals surface area contributed by atoms with Crippen LogP contribution in [0.5, 0.6) is 0 Å². The standard InChI is InChI=1S/C20H12BrCl2IN2O2S/c21-12-1-4-17(16(24)9-12)25-20(29)26-19(27)6-3-15-2-5-18(28-15)11-7-13(22)10-14(23)8-11/h1-10H,(H2,25,26,27,29)/b6-3+. The molecule has 2 aromatic carbocycles. The molecule has 0 atom stereocenters. The van der Waals surface area contributed by atoms with Gasteiger partial charge in [-0.1, -0.05) is 39.1 Å². The van der Waals surface area contributed by atoms with Crippen LogP contribution < -0.4 is 10.6 Å². The van der Waals surface area contributed by atoms with Gasteiger partial charge in [0.2, 0.25) is 5.91 Å². The molecule has 9 heteroatoms. The fourth-order valence-electron chi connectivity index (χ4n) is 2.35. The molecule has 0 aliphatic carbocycles. The Labute approximate surface area is 204 Å². The van der Waals surface area contributed by atoms with Crippen molar-refractivity contribution in [2.24, 2.45) is 0 Å². The first-order valence-electron chi connectivity index (χ1n) is 8.11. The van der Waals surface area contributed by atoms with E-state index in [0.717, 1.165) is 19.3 Å². The van der Waals surface area contributed by atoms with Crippen molar-refractivity contribution in [2.45, 2.75) is 0 Å². The number of carbonyl (C=O) groups excluding carboxylic acids is 1. The molecule has 29 heavy (non-hydrogen) atoms. The van der Waals surface area contributed by atoms with Gasteiger partial charge in [-0.25, -0.2) is 0 Å². The normalized spacial score (nSPS) is 10.9. The quantitative estimate of drug-likeness (QED) is 0.185. The highest BCUT2D eigenvalue weighted by molar-refractivity contribution is 14.1. The summed E-state index contributed by atoms with van der Waals surface area (Å²) < 4.78 is 7.65. The van der Waals surface area contributed by atoms with Crippen LogP contribution in [0.3, 0.4) is 0 Å². The van der Waals surface area contributed by atoms with Crippen LogP contribution >= 0.6 is 73.9 Å². The van der Waals surface area contributed by atoms with Gasteiger partial charge in [0.1, 0.15) is 11.5 Å². The van der Waals surface area contributed by atoms with E-state index in [1.807, 2.05) is 18.2 Å². The van der Waals surface area contributed by atoms with E-state index in [9.17, 15) is 4.79 Å². The van der Waals surface area contributed by atoms with Crippen LogP contribution in [0, 0.1) is 3.57 Å². The maximum Gasteiger partial charge on any atom is 0.250 e. The number of anilines is 1. The fraction of sp³-hybridized carbons (Fsp3) is 0. The highest BCUT2D eigenvalue weighted by Gasteiger charge is 2.08. The number of thiocarbonyl (C=S) groups is 1. The number of halogens is 4. The van der Waals surface area contributed by atoms with Crippen LogP contribution in [0.4, 0.5) is 5.69 Å². The number of carbonyl (C=O) groups is 1. The zero-order chi connectivity index (χ0) is 21.0. The number of amides is 1. The van der Waals surface area contributed by atoms with Crippen LogP contribution in [-0.4, -0.2) is 11.0 Å². The van der Waals surface area contributed by atoms with Crippen LogP contribution in [0.25, 0.3) is 17.4 Å². The molecule has 0 bridgehead atoms. The zero-order valence-corrected chi connectivity index (χ0v) is 20.6. The first-order valence-corrected chi connectivity index (χ1v) is 11.1. The summed E-state index contributed by atoms with van der Waals surface area (Å²) in [6.07, 6.45) is 2.89. The van der Waals surface area contributed by atoms with Gasteiger partial charge in [-0.2, -0.15) is 0 Å². The minimum Gasteiger partial charge on any atom is -0.457 e. The lowest BCUT2D eigenvalue weighted by Gasteiger charge is -2.10. The second-order valence-electron chi connectivity index (χ2n) is 5.76. The molecule has 0 spiro atoms. The van der Waals surface area contributed by atoms with Gasteiger partial charge in [0, 0.05) is 29.7 Å². The summed E-state index contributed by atoms with van der Waals surface area (Å²) in [6, 6.07) is 14.4. The second-order valence-corrected chi connectivity index (χ2v) is 9.12. The van der Waals surface area contributed by atoms with Gasteiger partial charge in [-0.3, -0.25) is 10.1 Å². The van der Waals surface area contributed by atoms with Gasteiger partial charge >= 0.3 is 0 Å². The average Bonchev–Trinajstić information content (AvgIpc) is 3.11. The molecule has 0 aliphatic rings. The molecule has 3 aromatic rings. The number of benzene rings is 2. The van der Waals surface area contributed by atoms with Crippen molar-refractivity contribution < 1.29 is 9.21 Å². The van der Waals surface area contributed by atoms with E-state index in [1.54, 1.807) is 36.4 Å². The van der Waals surface area contributed by atoms with Crippen LogP contribution in [0.2, 0.25) is 10.0 Å². The SMILES string of the molecule is O=C(/C=C/c1ccc(-c2cc(Cl)cc(Cl)c2)o1)NC(=S)Nc1ccc(Br)cc1I. The molecule has 0 saturated heterocycles. The molecule has 0 saturated carbocycles. The van der Waals surface area contributed by atoms with Crippen LogP contribution in [0.15, 0.2) is 63.5 Å². The Balaban J connectivity index is 1.60. The molecule has 2 N–H and O–H groups in total. The summed E-state index contributed by atoms with van der Waals surface area (Å²) >= 11 is 22.8. The smallest absolute Gasteiger partial charge is 0.250 e. The molecular formula is C20H12BrCl2IN2O2S. The molecule has 1 amide bonds. The van der Waals surface area contributed by atoms with Crippen molar-refractivity contribution in [3.8, 4) is 11.3 Å². The third-order valence-electron chi connectivity index (χ3n) is 3.59. The maximum atomic E-state index is 12.1. The molecule has 148 valence electrons. The molecule has 1 aromatic heterocycles. The molecule has 0 aliphatic heterocycles. The van der Waals surface area contributed by atoms with Gasteiger partial charge in [-0.05, 0) is 89.4 Å². The van der Waals surface area contributed by atoms with E-state index in [-0.39, 0.29) is 11.0 Å². The molecular weight excluding hydrogens is 610 g/mol. The number of furan rings is 1. The Bertz CT molecular complexity index is 1100. The van der Waals surface area contributed by atoms with E-state index >= 15 is 0 Å². The van der Waals surface area contributed by atoms with Gasteiger partial charge in [0.05, 0.1) is 5.69 Å². The van der Waals surface area contributed by atoms with Gasteiger partial charge in [0.15, 0.2) is 5.11 Å². The summed E-state index contributed by atoms with van der Waals surface area (Å²) in [4.78, 5) is 12.1. The lowest BCUT2D eigenvalue weighted by atomic mass is 10.2. The van der Waals surface area contributed by atoms with E-state index in [2.05, 4.69) is 49.2 Å². The van der Waals surface area contributed by atoms with Crippen molar-refractivity contribution >= 4 is 96.7 Å². The number of hydrogen-bond acceptors (Lipinski definition) is 3. The van der Waals surface area contributed by atoms with E-state index in [1.165, 1.54) is 6.08 Å². The Morgan fingerprint density at radius 2 is 1.83 bits per heavy atom. The summed E-state index contributed by atoms with van der Waals surface area (Å²) in [7, 11) is 0. The fourth-order valence-corrected chi connectivity index (χ4v) is 4.53. The molecule has 0 radical (unpaired) electrons. The minimum atomic E-state index is -0.377. The number of hydrogen-bond donors (Lipinski definition) is 2. The Kier molecular flexibility index (Phi) is 7.75. The van der Waals surface area contributed by atoms with Gasteiger partial charge in [0.25, 0.3) is 0 Å². The Morgan fingerprint density at radius 1 is 1.10 bits per heavy atom. The minimum absolute atomic E-state index is 0.202. The monoisotopic (exact) mass is 620 g/mol. The first kappa shape index (κ1) is 22.3. The molecule has 0 fully saturated rings. The number of rotatable bonds is 4. The van der Waals surface area contributed by atoms with Gasteiger partial charge in [-0.15, -0.1) is 0 Å². The largest absolute Gasteiger partial charge is 0.457 e. The summed E-state index contributed by atoms with van der Waals surface area (Å²) in [6.45, 7) is 0. The Morgan fingerprint density at radius 3 is 2.52 bits per heavy atom. The molecule has 3 rings (SSSR count). The van der Waals surface area contributed by atoms with Crippen molar-refractivity contribution in [2.75, 3.05) is 5.32 Å². The zero-order valence-electron chi connectivity index (χ0n) is 14.5. The third-order valence-corrected chi connectivity index (χ3v) is 5.62. The topological polar surface area (TPSA) is 54.3 Å². The average molecular weight is 622 g/mol. The summed E-state index contributed by atoms with van der Waals surface area (Å²) in [5.41, 5.74) is 1.56. The molecule has 1 heterocycles. The maximum absolute atomic E-state index is 12.1. The summed E-state index contributed by atoms with van der Waals surface area (Å²) in [5.74, 6) is 0.724. The predicted molar refractivity (Wildman–Crippen MR) is 134 cm³/mol. The van der Waals surface area contributed by atoms with E-state index in [0.29, 0.717) is 21.6 Å². The lowest BCUT2D eigenvalue weighted by Crippen LogP contribution is -2.33. The van der Waals surface area contributed by atoms with Crippen molar-refractivity contribution in [3.63, 3.8) is 0 Å². The van der Waals surface area contributed by atoms with E-state index in [4.69, 9.17) is 39.8 Å². The number of nitrogens with one attached hydrogen (secondary N) is 2. The molecule has 0 unspecified atom stereocenters. The molecule has 4 nitrogen and oxygen atoms in total. The van der Waals surface area contributed by atoms with Crippen molar-refractivity contribution in [3.05, 3.63) is 78.5 Å². The van der Waals surface area contributed by atoms with Crippen LogP contribution in [0.1, 0.15) is 5.76 Å². The third kappa shape index (κ3) is 6.55. The lowest BCUT2D eigenvalue weighted by molar-refractivity contribution is -0.115. The highest BCUT2D eigenvalue weighted by atomic mass is 127. The highest BCUT2D eigenvalue weighted by Crippen LogP contribution is 2.29. The predicted octanol–water partition coefficient (Wildman–Crippen LogP) is 7.15. The summed E-state index contributed by atoms with van der Waals surface area (Å²) in [5, 5.41) is 6.82. The van der Waals surface area contributed by atoms with Gasteiger partial charge < -0.3 is 9.73 Å². The van der Waals surface area contributed by atoms with Crippen LogP contribution in [-0.2, 0) is 4.79 Å².